The van der Waals surface area contributed by atoms with Gasteiger partial charge in [0.15, 0.2) is 0 Å². The lowest BCUT2D eigenvalue weighted by Crippen LogP contribution is -2.42. The van der Waals surface area contributed by atoms with Gasteiger partial charge in [0.1, 0.15) is 0 Å². The van der Waals surface area contributed by atoms with Gasteiger partial charge in [-0.2, -0.15) is 0 Å². The summed E-state index contributed by atoms with van der Waals surface area (Å²) in [6.45, 7) is 22.1. The average molecular weight is 442 g/mol. The minimum atomic E-state index is 0.293. The van der Waals surface area contributed by atoms with Crippen molar-refractivity contribution in [1.29, 1.82) is 0 Å². The molecular formula is C29H51N3. The zero-order chi connectivity index (χ0) is 23.6. The summed E-state index contributed by atoms with van der Waals surface area (Å²) in [5.74, 6) is 0.677. The first-order valence-corrected chi connectivity index (χ1v) is 13.1. The van der Waals surface area contributed by atoms with E-state index < -0.39 is 0 Å². The van der Waals surface area contributed by atoms with E-state index in [9.17, 15) is 0 Å². The van der Waals surface area contributed by atoms with Crippen molar-refractivity contribution in [3.8, 4) is 0 Å². The summed E-state index contributed by atoms with van der Waals surface area (Å²) in [6, 6.07) is 9.82. The second-order valence-electron chi connectivity index (χ2n) is 11.4. The molecule has 2 rings (SSSR count). The Kier molecular flexibility index (Phi) is 11.4. The molecule has 2 atom stereocenters. The third-order valence-corrected chi connectivity index (χ3v) is 7.14. The number of unbranched alkanes of at least 4 members (excludes halogenated alkanes) is 3. The van der Waals surface area contributed by atoms with Crippen LogP contribution in [0.15, 0.2) is 29.8 Å². The molecule has 0 spiro atoms. The lowest BCUT2D eigenvalue weighted by Gasteiger charge is -2.34. The molecule has 1 aromatic carbocycles. The first-order chi connectivity index (χ1) is 15.2. The van der Waals surface area contributed by atoms with Crippen LogP contribution in [0.25, 0.3) is 5.57 Å². The molecule has 1 saturated heterocycles. The van der Waals surface area contributed by atoms with Crippen LogP contribution in [0.2, 0.25) is 0 Å². The Bertz CT molecular complexity index is 673. The molecule has 0 bridgehead atoms. The number of hydrogen-bond donors (Lipinski definition) is 2. The maximum Gasteiger partial charge on any atom is 0.0481 e. The zero-order valence-electron chi connectivity index (χ0n) is 22.2. The smallest absolute Gasteiger partial charge is 0.0481 e. The number of nitrogens with one attached hydrogen (secondary N) is 2. The number of nitrogens with zero attached hydrogens (tertiary/aromatic N) is 1. The largest absolute Gasteiger partial charge is 0.313 e. The predicted molar refractivity (Wildman–Crippen MR) is 142 cm³/mol. The zero-order valence-corrected chi connectivity index (χ0v) is 22.2. The molecule has 1 heterocycles. The van der Waals surface area contributed by atoms with Gasteiger partial charge in [0.2, 0.25) is 0 Å². The molecule has 182 valence electrons. The van der Waals surface area contributed by atoms with E-state index >= 15 is 0 Å². The highest BCUT2D eigenvalue weighted by atomic mass is 15.3. The van der Waals surface area contributed by atoms with Crippen molar-refractivity contribution in [2.45, 2.75) is 93.0 Å². The van der Waals surface area contributed by atoms with E-state index in [-0.39, 0.29) is 0 Å². The first-order valence-electron chi connectivity index (χ1n) is 13.1. The average Bonchev–Trinajstić information content (AvgIpc) is 3.25. The Morgan fingerprint density at radius 2 is 1.72 bits per heavy atom. The summed E-state index contributed by atoms with van der Waals surface area (Å²) < 4.78 is 0. The molecule has 2 N–H and O–H groups in total. The van der Waals surface area contributed by atoms with Crippen LogP contribution >= 0.6 is 0 Å². The lowest BCUT2D eigenvalue weighted by molar-refractivity contribution is 0.228. The van der Waals surface area contributed by atoms with Crippen LogP contribution in [0.5, 0.6) is 0 Å². The van der Waals surface area contributed by atoms with Crippen LogP contribution in [0.3, 0.4) is 0 Å². The fourth-order valence-corrected chi connectivity index (χ4v) is 4.65. The van der Waals surface area contributed by atoms with Crippen LogP contribution in [-0.2, 0) is 6.42 Å². The Morgan fingerprint density at radius 1 is 1.03 bits per heavy atom. The monoisotopic (exact) mass is 441 g/mol. The van der Waals surface area contributed by atoms with E-state index in [1.54, 1.807) is 0 Å². The molecule has 32 heavy (non-hydrogen) atoms. The summed E-state index contributed by atoms with van der Waals surface area (Å²) in [7, 11) is 0. The Labute approximate surface area is 199 Å². The molecule has 0 aromatic heterocycles. The molecule has 2 unspecified atom stereocenters. The minimum Gasteiger partial charge on any atom is -0.313 e. The van der Waals surface area contributed by atoms with Crippen molar-refractivity contribution >= 4 is 5.57 Å². The SMILES string of the molecule is CC(C)=C(C)c1ccc(CC(C)CC(NCCCCCCN2CCNC2)C(C)(C)C)cc1. The van der Waals surface area contributed by atoms with Crippen molar-refractivity contribution < 1.29 is 0 Å². The van der Waals surface area contributed by atoms with Crippen LogP contribution in [-0.4, -0.2) is 43.8 Å². The summed E-state index contributed by atoms with van der Waals surface area (Å²) in [5, 5.41) is 7.33. The third kappa shape index (κ3) is 9.77. The van der Waals surface area contributed by atoms with Gasteiger partial charge in [-0.3, -0.25) is 4.90 Å². The summed E-state index contributed by atoms with van der Waals surface area (Å²) in [5.41, 5.74) is 5.90. The van der Waals surface area contributed by atoms with Crippen LogP contribution in [0.4, 0.5) is 0 Å². The molecule has 1 fully saturated rings. The van der Waals surface area contributed by atoms with Gasteiger partial charge >= 0.3 is 0 Å². The molecule has 3 nitrogen and oxygen atoms in total. The van der Waals surface area contributed by atoms with Gasteiger partial charge in [0.25, 0.3) is 0 Å². The standard InChI is InChI=1S/C29H51N3/c1-23(2)25(4)27-14-12-26(13-15-27)20-24(3)21-28(29(5,6)7)31-16-10-8-9-11-18-32-19-17-30-22-32/h12-15,24,28,30-31H,8-11,16-22H2,1-7H3. The summed E-state index contributed by atoms with van der Waals surface area (Å²) in [6.07, 6.45) is 7.74. The second kappa shape index (κ2) is 13.5. The second-order valence-corrected chi connectivity index (χ2v) is 11.4. The fraction of sp³-hybridized carbons (Fsp3) is 0.724. The number of rotatable bonds is 13. The van der Waals surface area contributed by atoms with Gasteiger partial charge in [-0.25, -0.2) is 0 Å². The lowest BCUT2D eigenvalue weighted by atomic mass is 9.80. The third-order valence-electron chi connectivity index (χ3n) is 7.14. The Morgan fingerprint density at radius 3 is 2.31 bits per heavy atom. The maximum absolute atomic E-state index is 3.92. The van der Waals surface area contributed by atoms with Crippen molar-refractivity contribution in [3.05, 3.63) is 41.0 Å². The van der Waals surface area contributed by atoms with E-state index in [0.29, 0.717) is 17.4 Å². The predicted octanol–water partition coefficient (Wildman–Crippen LogP) is 6.50. The van der Waals surface area contributed by atoms with E-state index in [4.69, 9.17) is 0 Å². The molecule has 3 heteroatoms. The number of benzene rings is 1. The van der Waals surface area contributed by atoms with Gasteiger partial charge in [0.05, 0.1) is 0 Å². The highest BCUT2D eigenvalue weighted by Gasteiger charge is 2.25. The molecule has 1 aromatic rings. The normalized spacial score (nSPS) is 16.8. The van der Waals surface area contributed by atoms with Gasteiger partial charge in [-0.1, -0.05) is 70.4 Å². The van der Waals surface area contributed by atoms with E-state index in [2.05, 4.69) is 88.3 Å². The van der Waals surface area contributed by atoms with E-state index in [1.165, 1.54) is 67.5 Å². The molecule has 0 aliphatic carbocycles. The van der Waals surface area contributed by atoms with E-state index in [1.807, 2.05) is 0 Å². The first kappa shape index (κ1) is 27.1. The van der Waals surface area contributed by atoms with Crippen LogP contribution in [0, 0.1) is 11.3 Å². The fourth-order valence-electron chi connectivity index (χ4n) is 4.65. The van der Waals surface area contributed by atoms with Crippen LogP contribution in [0.1, 0.15) is 91.7 Å². The van der Waals surface area contributed by atoms with Crippen molar-refractivity contribution in [3.63, 3.8) is 0 Å². The molecule has 1 aliphatic rings. The molecule has 0 saturated carbocycles. The Balaban J connectivity index is 1.72. The van der Waals surface area contributed by atoms with Crippen molar-refractivity contribution in [2.75, 3.05) is 32.8 Å². The minimum absolute atomic E-state index is 0.293. The summed E-state index contributed by atoms with van der Waals surface area (Å²) in [4.78, 5) is 2.53. The van der Waals surface area contributed by atoms with Crippen molar-refractivity contribution in [2.24, 2.45) is 11.3 Å². The topological polar surface area (TPSA) is 27.3 Å². The maximum atomic E-state index is 3.92. The Hall–Kier alpha value is -1.16. The molecule has 1 aliphatic heterocycles. The molecule has 0 amide bonds. The van der Waals surface area contributed by atoms with Gasteiger partial charge in [0, 0.05) is 25.8 Å². The van der Waals surface area contributed by atoms with Crippen molar-refractivity contribution in [1.82, 2.24) is 15.5 Å². The summed E-state index contributed by atoms with van der Waals surface area (Å²) >= 11 is 0. The van der Waals surface area contributed by atoms with E-state index in [0.717, 1.165) is 26.2 Å². The quantitative estimate of drug-likeness (QED) is 0.342. The number of hydrogen-bond acceptors (Lipinski definition) is 3. The molecular weight excluding hydrogens is 390 g/mol. The highest BCUT2D eigenvalue weighted by Crippen LogP contribution is 2.27. The molecule has 0 radical (unpaired) electrons. The van der Waals surface area contributed by atoms with Gasteiger partial charge < -0.3 is 10.6 Å². The number of allylic oxidation sites excluding steroid dienone is 2. The van der Waals surface area contributed by atoms with Gasteiger partial charge in [-0.05, 0) is 87.6 Å². The van der Waals surface area contributed by atoms with Gasteiger partial charge in [-0.15, -0.1) is 0 Å². The highest BCUT2D eigenvalue weighted by molar-refractivity contribution is 5.66. The van der Waals surface area contributed by atoms with Crippen LogP contribution < -0.4 is 10.6 Å².